The van der Waals surface area contributed by atoms with Crippen LogP contribution in [0.1, 0.15) is 11.1 Å². The van der Waals surface area contributed by atoms with Crippen LogP contribution >= 0.6 is 0 Å². The zero-order valence-electron chi connectivity index (χ0n) is 18.2. The Morgan fingerprint density at radius 2 is 1.53 bits per heavy atom. The van der Waals surface area contributed by atoms with Gasteiger partial charge in [-0.2, -0.15) is 4.31 Å². The Morgan fingerprint density at radius 1 is 0.844 bits per heavy atom. The maximum absolute atomic E-state index is 13.4. The number of fused-ring (bicyclic) bond motifs is 1. The van der Waals surface area contributed by atoms with Gasteiger partial charge in [0.15, 0.2) is 0 Å². The van der Waals surface area contributed by atoms with E-state index in [0.717, 1.165) is 22.4 Å². The van der Waals surface area contributed by atoms with Gasteiger partial charge in [0.25, 0.3) is 0 Å². The van der Waals surface area contributed by atoms with Gasteiger partial charge in [-0.05, 0) is 43.2 Å². The molecule has 1 saturated heterocycles. The van der Waals surface area contributed by atoms with Gasteiger partial charge in [0.2, 0.25) is 10.0 Å². The lowest BCUT2D eigenvalue weighted by molar-refractivity contribution is 0.384. The summed E-state index contributed by atoms with van der Waals surface area (Å²) >= 11 is 0. The van der Waals surface area contributed by atoms with E-state index in [1.54, 1.807) is 22.5 Å². The molecule has 0 unspecified atom stereocenters. The molecule has 5 rings (SSSR count). The predicted octanol–water partition coefficient (Wildman–Crippen LogP) is 4.36. The van der Waals surface area contributed by atoms with Crippen molar-refractivity contribution in [2.45, 2.75) is 18.7 Å². The number of hydrogen-bond donors (Lipinski definition) is 1. The fraction of sp³-hybridized carbons (Fsp3) is 0.240. The molecule has 1 aromatic heterocycles. The van der Waals surface area contributed by atoms with Gasteiger partial charge in [0.1, 0.15) is 5.82 Å². The molecule has 1 fully saturated rings. The molecule has 7 heteroatoms. The fourth-order valence-electron chi connectivity index (χ4n) is 4.49. The molecule has 0 saturated carbocycles. The normalized spacial score (nSPS) is 15.4. The second-order valence-corrected chi connectivity index (χ2v) is 10.2. The number of anilines is 1. The summed E-state index contributed by atoms with van der Waals surface area (Å²) in [5.41, 5.74) is 6.11. The lowest BCUT2D eigenvalue weighted by Crippen LogP contribution is -2.49. The maximum atomic E-state index is 13.4. The molecule has 164 valence electrons. The minimum absolute atomic E-state index is 0.300. The SMILES string of the molecule is Cc1cccc(C)c1N1CCN(S(=O)(=O)c2ccc3nc(-c4ccccc4)[nH]c3c2)CC1. The van der Waals surface area contributed by atoms with Crippen molar-refractivity contribution in [2.24, 2.45) is 0 Å². The van der Waals surface area contributed by atoms with E-state index >= 15 is 0 Å². The van der Waals surface area contributed by atoms with Crippen molar-refractivity contribution in [3.8, 4) is 11.4 Å². The molecule has 0 radical (unpaired) electrons. The first-order valence-corrected chi connectivity index (χ1v) is 12.2. The Hall–Kier alpha value is -3.16. The molecule has 6 nitrogen and oxygen atoms in total. The highest BCUT2D eigenvalue weighted by molar-refractivity contribution is 7.89. The highest BCUT2D eigenvalue weighted by Crippen LogP contribution is 2.28. The first-order valence-electron chi connectivity index (χ1n) is 10.8. The quantitative estimate of drug-likeness (QED) is 0.506. The molecular formula is C25H26N4O2S. The number of para-hydroxylation sites is 1. The fourth-order valence-corrected chi connectivity index (χ4v) is 5.94. The summed E-state index contributed by atoms with van der Waals surface area (Å²) < 4.78 is 28.3. The minimum atomic E-state index is -3.58. The van der Waals surface area contributed by atoms with Crippen LogP contribution in [0.3, 0.4) is 0 Å². The van der Waals surface area contributed by atoms with E-state index in [1.807, 2.05) is 30.3 Å². The Labute approximate surface area is 188 Å². The van der Waals surface area contributed by atoms with Gasteiger partial charge in [0, 0.05) is 37.4 Å². The van der Waals surface area contributed by atoms with Gasteiger partial charge in [-0.3, -0.25) is 0 Å². The average Bonchev–Trinajstić information content (AvgIpc) is 3.23. The third-order valence-electron chi connectivity index (χ3n) is 6.13. The predicted molar refractivity (Wildman–Crippen MR) is 128 cm³/mol. The molecule has 3 aromatic carbocycles. The summed E-state index contributed by atoms with van der Waals surface area (Å²) in [5.74, 6) is 0.734. The number of imidazole rings is 1. The van der Waals surface area contributed by atoms with Gasteiger partial charge < -0.3 is 9.88 Å². The molecule has 0 atom stereocenters. The molecule has 0 bridgehead atoms. The van der Waals surface area contributed by atoms with Crippen LogP contribution < -0.4 is 4.90 Å². The standard InChI is InChI=1S/C25H26N4O2S/c1-18-7-6-8-19(2)24(18)28-13-15-29(16-14-28)32(30,31)21-11-12-22-23(17-21)27-25(26-22)20-9-4-3-5-10-20/h3-12,17H,13-16H2,1-2H3,(H,26,27). The Kier molecular flexibility index (Phi) is 5.23. The van der Waals surface area contributed by atoms with Crippen molar-refractivity contribution in [2.75, 3.05) is 31.1 Å². The van der Waals surface area contributed by atoms with Crippen LogP contribution in [0.15, 0.2) is 71.6 Å². The van der Waals surface area contributed by atoms with Crippen molar-refractivity contribution in [1.29, 1.82) is 0 Å². The van der Waals surface area contributed by atoms with Crippen molar-refractivity contribution in [3.63, 3.8) is 0 Å². The van der Waals surface area contributed by atoms with Crippen LogP contribution in [0.25, 0.3) is 22.4 Å². The van der Waals surface area contributed by atoms with E-state index in [4.69, 9.17) is 0 Å². The molecule has 32 heavy (non-hydrogen) atoms. The highest BCUT2D eigenvalue weighted by atomic mass is 32.2. The zero-order valence-corrected chi connectivity index (χ0v) is 19.1. The second kappa shape index (κ2) is 8.07. The van der Waals surface area contributed by atoms with Crippen LogP contribution in [0.2, 0.25) is 0 Å². The number of nitrogens with zero attached hydrogens (tertiary/aromatic N) is 3. The Bertz CT molecular complexity index is 1350. The summed E-state index contributed by atoms with van der Waals surface area (Å²) in [4.78, 5) is 10.5. The number of hydrogen-bond acceptors (Lipinski definition) is 4. The van der Waals surface area contributed by atoms with E-state index in [0.29, 0.717) is 31.1 Å². The van der Waals surface area contributed by atoms with Crippen LogP contribution in [-0.2, 0) is 10.0 Å². The number of H-pyrrole nitrogens is 1. The average molecular weight is 447 g/mol. The van der Waals surface area contributed by atoms with Gasteiger partial charge in [-0.25, -0.2) is 13.4 Å². The summed E-state index contributed by atoms with van der Waals surface area (Å²) in [6.07, 6.45) is 0. The van der Waals surface area contributed by atoms with E-state index in [-0.39, 0.29) is 0 Å². The smallest absolute Gasteiger partial charge is 0.243 e. The maximum Gasteiger partial charge on any atom is 0.243 e. The van der Waals surface area contributed by atoms with Crippen molar-refractivity contribution >= 4 is 26.7 Å². The van der Waals surface area contributed by atoms with E-state index in [1.165, 1.54) is 16.8 Å². The number of piperazine rings is 1. The van der Waals surface area contributed by atoms with Gasteiger partial charge >= 0.3 is 0 Å². The molecule has 0 aliphatic carbocycles. The first kappa shape index (κ1) is 20.7. The number of aromatic amines is 1. The summed E-state index contributed by atoms with van der Waals surface area (Å²) in [6, 6.07) is 21.2. The van der Waals surface area contributed by atoms with Crippen molar-refractivity contribution < 1.29 is 8.42 Å². The van der Waals surface area contributed by atoms with E-state index < -0.39 is 10.0 Å². The molecule has 2 heterocycles. The van der Waals surface area contributed by atoms with Crippen LogP contribution in [0.5, 0.6) is 0 Å². The minimum Gasteiger partial charge on any atom is -0.368 e. The molecule has 0 spiro atoms. The van der Waals surface area contributed by atoms with Crippen molar-refractivity contribution in [3.05, 3.63) is 77.9 Å². The number of aryl methyl sites for hydroxylation is 2. The monoisotopic (exact) mass is 446 g/mol. The van der Waals surface area contributed by atoms with Crippen LogP contribution in [0.4, 0.5) is 5.69 Å². The second-order valence-electron chi connectivity index (χ2n) is 8.26. The summed E-state index contributed by atoms with van der Waals surface area (Å²) in [7, 11) is -3.58. The number of sulfonamides is 1. The number of rotatable bonds is 4. The number of aromatic nitrogens is 2. The van der Waals surface area contributed by atoms with E-state index in [2.05, 4.69) is 46.9 Å². The molecule has 1 aliphatic heterocycles. The highest BCUT2D eigenvalue weighted by Gasteiger charge is 2.29. The van der Waals surface area contributed by atoms with Crippen LogP contribution in [-0.4, -0.2) is 48.9 Å². The number of benzene rings is 3. The molecule has 1 N–H and O–H groups in total. The topological polar surface area (TPSA) is 69.3 Å². The lowest BCUT2D eigenvalue weighted by Gasteiger charge is -2.36. The Morgan fingerprint density at radius 3 is 2.22 bits per heavy atom. The Balaban J connectivity index is 1.38. The zero-order chi connectivity index (χ0) is 22.3. The molecule has 1 aliphatic rings. The third-order valence-corrected chi connectivity index (χ3v) is 8.03. The first-order chi connectivity index (χ1) is 15.4. The van der Waals surface area contributed by atoms with Crippen molar-refractivity contribution in [1.82, 2.24) is 14.3 Å². The third kappa shape index (κ3) is 3.67. The van der Waals surface area contributed by atoms with Crippen LogP contribution in [0, 0.1) is 13.8 Å². The largest absolute Gasteiger partial charge is 0.368 e. The summed E-state index contributed by atoms with van der Waals surface area (Å²) in [5, 5.41) is 0. The lowest BCUT2D eigenvalue weighted by atomic mass is 10.1. The molecular weight excluding hydrogens is 420 g/mol. The molecule has 0 amide bonds. The van der Waals surface area contributed by atoms with Gasteiger partial charge in [-0.1, -0.05) is 48.5 Å². The summed E-state index contributed by atoms with van der Waals surface area (Å²) in [6.45, 7) is 6.49. The van der Waals surface area contributed by atoms with Gasteiger partial charge in [0.05, 0.1) is 15.9 Å². The molecule has 4 aromatic rings. The van der Waals surface area contributed by atoms with E-state index in [9.17, 15) is 8.42 Å². The van der Waals surface area contributed by atoms with Gasteiger partial charge in [-0.15, -0.1) is 0 Å². The number of nitrogens with one attached hydrogen (secondary N) is 1.